The number of benzene rings is 2. The number of hydrogen-bond donors (Lipinski definition) is 1. The Morgan fingerprint density at radius 3 is 2.57 bits per heavy atom. The molecule has 2 heterocycles. The average molecular weight is 402 g/mol. The van der Waals surface area contributed by atoms with Gasteiger partial charge >= 0.3 is 0 Å². The van der Waals surface area contributed by atoms with E-state index in [1.807, 2.05) is 0 Å². The second kappa shape index (κ2) is 7.44. The minimum Gasteiger partial charge on any atom is -0.497 e. The number of hydrogen-bond acceptors (Lipinski definition) is 5. The molecule has 0 bridgehead atoms. The van der Waals surface area contributed by atoms with Crippen LogP contribution >= 0.6 is 0 Å². The van der Waals surface area contributed by atoms with Crippen LogP contribution in [-0.2, 0) is 10.0 Å². The van der Waals surface area contributed by atoms with Crippen molar-refractivity contribution >= 4 is 15.9 Å². The molecule has 2 atom stereocenters. The molecule has 0 spiro atoms. The molecule has 8 heteroatoms. The molecule has 0 saturated carbocycles. The van der Waals surface area contributed by atoms with Gasteiger partial charge in [-0.1, -0.05) is 12.1 Å². The summed E-state index contributed by atoms with van der Waals surface area (Å²) in [6.07, 6.45) is 0.704. The molecule has 1 fully saturated rings. The van der Waals surface area contributed by atoms with Gasteiger partial charge in [-0.25, -0.2) is 13.1 Å². The van der Waals surface area contributed by atoms with Crippen molar-refractivity contribution in [2.24, 2.45) is 0 Å². The van der Waals surface area contributed by atoms with Crippen LogP contribution in [-0.4, -0.2) is 51.6 Å². The number of nitrogens with zero attached hydrogens (tertiary/aromatic N) is 1. The standard InChI is InChI=1S/C20H22N2O5S/c1-26-15-8-6-14(7-9-15)20(23)22-12-10-16-17(11-13-22)27-18-4-2-3-5-19(18)28(24,25)21-16/h2-9,16-17,21H,10-13H2,1H3/t16-,17-/m0/s1. The number of methoxy groups -OCH3 is 1. The summed E-state index contributed by atoms with van der Waals surface area (Å²) < 4.78 is 39.3. The van der Waals surface area contributed by atoms with Crippen LogP contribution in [0.4, 0.5) is 0 Å². The van der Waals surface area contributed by atoms with Gasteiger partial charge < -0.3 is 14.4 Å². The van der Waals surface area contributed by atoms with E-state index in [4.69, 9.17) is 9.47 Å². The van der Waals surface area contributed by atoms with Crippen molar-refractivity contribution in [1.29, 1.82) is 0 Å². The van der Waals surface area contributed by atoms with Gasteiger partial charge in [-0.05, 0) is 42.8 Å². The normalized spacial score (nSPS) is 23.4. The Morgan fingerprint density at radius 2 is 1.82 bits per heavy atom. The number of amides is 1. The van der Waals surface area contributed by atoms with E-state index in [-0.39, 0.29) is 22.9 Å². The van der Waals surface area contributed by atoms with E-state index in [0.29, 0.717) is 43.0 Å². The third kappa shape index (κ3) is 3.57. The van der Waals surface area contributed by atoms with Crippen LogP contribution in [0, 0.1) is 0 Å². The molecule has 1 N–H and O–H groups in total. The Labute approximate surface area is 164 Å². The first kappa shape index (κ1) is 18.8. The molecule has 2 aliphatic heterocycles. The Hall–Kier alpha value is -2.58. The maximum absolute atomic E-state index is 12.9. The number of fused-ring (bicyclic) bond motifs is 2. The molecule has 1 saturated heterocycles. The Morgan fingerprint density at radius 1 is 1.11 bits per heavy atom. The number of carbonyl (C=O) groups is 1. The lowest BCUT2D eigenvalue weighted by Gasteiger charge is -2.22. The Balaban J connectivity index is 1.53. The summed E-state index contributed by atoms with van der Waals surface area (Å²) in [5, 5.41) is 0. The maximum atomic E-state index is 12.9. The topological polar surface area (TPSA) is 84.9 Å². The van der Waals surface area contributed by atoms with Crippen molar-refractivity contribution in [3.63, 3.8) is 0 Å². The quantitative estimate of drug-likeness (QED) is 0.831. The highest BCUT2D eigenvalue weighted by Crippen LogP contribution is 2.31. The SMILES string of the molecule is COc1ccc(C(=O)N2CC[C@@H]3NS(=O)(=O)c4ccccc4O[C@H]3CC2)cc1. The average Bonchev–Trinajstić information content (AvgIpc) is 2.95. The van der Waals surface area contributed by atoms with E-state index in [0.717, 1.165) is 0 Å². The molecule has 28 heavy (non-hydrogen) atoms. The largest absolute Gasteiger partial charge is 0.497 e. The fourth-order valence-electron chi connectivity index (χ4n) is 3.67. The summed E-state index contributed by atoms with van der Waals surface area (Å²) in [5.41, 5.74) is 0.578. The van der Waals surface area contributed by atoms with E-state index in [1.54, 1.807) is 60.5 Å². The lowest BCUT2D eigenvalue weighted by Crippen LogP contribution is -2.43. The molecule has 4 rings (SSSR count). The van der Waals surface area contributed by atoms with E-state index in [9.17, 15) is 13.2 Å². The van der Waals surface area contributed by atoms with Crippen LogP contribution in [0.1, 0.15) is 23.2 Å². The first-order valence-corrected chi connectivity index (χ1v) is 10.7. The number of nitrogens with one attached hydrogen (secondary N) is 1. The highest BCUT2D eigenvalue weighted by molar-refractivity contribution is 7.89. The fourth-order valence-corrected chi connectivity index (χ4v) is 5.10. The molecule has 2 aromatic carbocycles. The third-order valence-corrected chi connectivity index (χ3v) is 6.72. The first-order chi connectivity index (χ1) is 13.5. The zero-order valence-electron chi connectivity index (χ0n) is 15.5. The van der Waals surface area contributed by atoms with Gasteiger partial charge in [-0.3, -0.25) is 4.79 Å². The van der Waals surface area contributed by atoms with Crippen LogP contribution in [0.25, 0.3) is 0 Å². The summed E-state index contributed by atoms with van der Waals surface area (Å²) >= 11 is 0. The zero-order valence-corrected chi connectivity index (χ0v) is 16.3. The van der Waals surface area contributed by atoms with Gasteiger partial charge in [0.05, 0.1) is 13.2 Å². The summed E-state index contributed by atoms with van der Waals surface area (Å²) in [6.45, 7) is 0.949. The highest BCUT2D eigenvalue weighted by Gasteiger charge is 2.37. The van der Waals surface area contributed by atoms with Crippen LogP contribution in [0.5, 0.6) is 11.5 Å². The molecule has 0 unspecified atom stereocenters. The molecule has 2 aromatic rings. The first-order valence-electron chi connectivity index (χ1n) is 9.19. The second-order valence-electron chi connectivity index (χ2n) is 6.93. The van der Waals surface area contributed by atoms with E-state index >= 15 is 0 Å². The summed E-state index contributed by atoms with van der Waals surface area (Å²) in [5.74, 6) is 0.968. The minimum absolute atomic E-state index is 0.0811. The number of rotatable bonds is 2. The van der Waals surface area contributed by atoms with Gasteiger partial charge in [0.15, 0.2) is 0 Å². The van der Waals surface area contributed by atoms with Crippen molar-refractivity contribution in [3.8, 4) is 11.5 Å². The van der Waals surface area contributed by atoms with Gasteiger partial charge in [0.25, 0.3) is 5.91 Å². The van der Waals surface area contributed by atoms with E-state index in [1.165, 1.54) is 0 Å². The van der Waals surface area contributed by atoms with Crippen molar-refractivity contribution in [1.82, 2.24) is 9.62 Å². The third-order valence-electron chi connectivity index (χ3n) is 5.19. The predicted molar refractivity (Wildman–Crippen MR) is 103 cm³/mol. The molecular formula is C20H22N2O5S. The summed E-state index contributed by atoms with van der Waals surface area (Å²) in [4.78, 5) is 14.8. The van der Waals surface area contributed by atoms with Gasteiger partial charge in [-0.2, -0.15) is 0 Å². The van der Waals surface area contributed by atoms with Gasteiger partial charge in [0.1, 0.15) is 22.5 Å². The van der Waals surface area contributed by atoms with Crippen LogP contribution in [0.2, 0.25) is 0 Å². The smallest absolute Gasteiger partial charge is 0.253 e. The highest BCUT2D eigenvalue weighted by atomic mass is 32.2. The monoisotopic (exact) mass is 402 g/mol. The number of likely N-dealkylation sites (tertiary alicyclic amines) is 1. The second-order valence-corrected chi connectivity index (χ2v) is 8.61. The summed E-state index contributed by atoms with van der Waals surface area (Å²) in [7, 11) is -2.08. The maximum Gasteiger partial charge on any atom is 0.253 e. The lowest BCUT2D eigenvalue weighted by atomic mass is 10.1. The molecule has 1 amide bonds. The van der Waals surface area contributed by atoms with Crippen molar-refractivity contribution < 1.29 is 22.7 Å². The fraction of sp³-hybridized carbons (Fsp3) is 0.350. The van der Waals surface area contributed by atoms with Crippen molar-refractivity contribution in [2.75, 3.05) is 20.2 Å². The molecule has 0 radical (unpaired) electrons. The van der Waals surface area contributed by atoms with Gasteiger partial charge in [0, 0.05) is 25.1 Å². The molecule has 148 valence electrons. The molecule has 2 aliphatic rings. The van der Waals surface area contributed by atoms with Crippen molar-refractivity contribution in [2.45, 2.75) is 29.9 Å². The summed E-state index contributed by atoms with van der Waals surface area (Å²) in [6, 6.07) is 13.2. The number of para-hydroxylation sites is 1. The number of ether oxygens (including phenoxy) is 2. The van der Waals surface area contributed by atoms with Crippen LogP contribution in [0.15, 0.2) is 53.4 Å². The predicted octanol–water partition coefficient (Wildman–Crippen LogP) is 2.04. The molecule has 0 aliphatic carbocycles. The Bertz CT molecular complexity index is 974. The lowest BCUT2D eigenvalue weighted by molar-refractivity contribution is 0.0755. The van der Waals surface area contributed by atoms with E-state index < -0.39 is 10.0 Å². The Kier molecular flexibility index (Phi) is 4.99. The molecule has 7 nitrogen and oxygen atoms in total. The van der Waals surface area contributed by atoms with Crippen molar-refractivity contribution in [3.05, 3.63) is 54.1 Å². The van der Waals surface area contributed by atoms with Crippen LogP contribution in [0.3, 0.4) is 0 Å². The molecule has 0 aromatic heterocycles. The number of carbonyl (C=O) groups excluding carboxylic acids is 1. The van der Waals surface area contributed by atoms with E-state index in [2.05, 4.69) is 4.72 Å². The van der Waals surface area contributed by atoms with Gasteiger partial charge in [-0.15, -0.1) is 0 Å². The number of sulfonamides is 1. The zero-order chi connectivity index (χ0) is 19.7. The van der Waals surface area contributed by atoms with Gasteiger partial charge in [0.2, 0.25) is 10.0 Å². The minimum atomic E-state index is -3.66. The van der Waals surface area contributed by atoms with Crippen LogP contribution < -0.4 is 14.2 Å². The molecular weight excluding hydrogens is 380 g/mol.